The third-order valence-electron chi connectivity index (χ3n) is 5.26. The second-order valence-electron chi connectivity index (χ2n) is 7.57. The van der Waals surface area contributed by atoms with Crippen LogP contribution < -0.4 is 10.1 Å². The highest BCUT2D eigenvalue weighted by Crippen LogP contribution is 2.18. The van der Waals surface area contributed by atoms with Gasteiger partial charge in [-0.15, -0.1) is 0 Å². The topological polar surface area (TPSA) is 56.2 Å². The predicted octanol–water partition coefficient (Wildman–Crippen LogP) is 4.92. The maximum absolute atomic E-state index is 11.7. The van der Waals surface area contributed by atoms with Gasteiger partial charge in [0.25, 0.3) is 0 Å². The molecule has 3 aromatic rings. The van der Waals surface area contributed by atoms with Crippen LogP contribution in [0, 0.1) is 0 Å². The largest absolute Gasteiger partial charge is 0.494 e. The third kappa shape index (κ3) is 6.09. The minimum atomic E-state index is 0.115. The Bertz CT molecular complexity index is 931. The van der Waals surface area contributed by atoms with Crippen LogP contribution >= 0.6 is 0 Å². The first kappa shape index (κ1) is 21.9. The van der Waals surface area contributed by atoms with Crippen molar-refractivity contribution >= 4 is 16.9 Å². The molecule has 1 aromatic heterocycles. The number of rotatable bonds is 12. The van der Waals surface area contributed by atoms with Gasteiger partial charge in [0.1, 0.15) is 11.6 Å². The number of imidazole rings is 1. The number of fused-ring (bicyclic) bond motifs is 1. The molecule has 0 saturated heterocycles. The highest BCUT2D eigenvalue weighted by molar-refractivity contribution is 5.76. The van der Waals surface area contributed by atoms with E-state index in [1.165, 1.54) is 5.56 Å². The summed E-state index contributed by atoms with van der Waals surface area (Å²) >= 11 is 0. The van der Waals surface area contributed by atoms with E-state index in [9.17, 15) is 4.79 Å². The van der Waals surface area contributed by atoms with E-state index in [0.29, 0.717) is 19.6 Å². The lowest BCUT2D eigenvalue weighted by Crippen LogP contribution is -2.26. The Kier molecular flexibility index (Phi) is 8.30. The molecule has 2 aromatic carbocycles. The fourth-order valence-corrected chi connectivity index (χ4v) is 3.58. The van der Waals surface area contributed by atoms with Gasteiger partial charge >= 0.3 is 0 Å². The van der Waals surface area contributed by atoms with Crippen LogP contribution in [0.1, 0.15) is 50.9 Å². The number of para-hydroxylation sites is 2. The zero-order valence-corrected chi connectivity index (χ0v) is 18.2. The molecule has 160 valence electrons. The summed E-state index contributed by atoms with van der Waals surface area (Å²) in [6, 6.07) is 16.6. The lowest BCUT2D eigenvalue weighted by molar-refractivity contribution is -0.121. The summed E-state index contributed by atoms with van der Waals surface area (Å²) in [5, 5.41) is 2.99. The minimum absolute atomic E-state index is 0.115. The van der Waals surface area contributed by atoms with Crippen LogP contribution in [-0.2, 0) is 24.2 Å². The van der Waals surface area contributed by atoms with Crippen molar-refractivity contribution in [2.45, 2.75) is 58.9 Å². The zero-order valence-electron chi connectivity index (χ0n) is 18.2. The summed E-state index contributed by atoms with van der Waals surface area (Å²) in [6.07, 6.45) is 5.23. The molecule has 0 fully saturated rings. The van der Waals surface area contributed by atoms with Gasteiger partial charge in [0.2, 0.25) is 5.91 Å². The van der Waals surface area contributed by atoms with Gasteiger partial charge in [-0.1, -0.05) is 38.1 Å². The fraction of sp³-hybridized carbons (Fsp3) is 0.440. The number of carbonyl (C=O) groups is 1. The molecular weight excluding hydrogens is 374 g/mol. The number of amides is 1. The lowest BCUT2D eigenvalue weighted by Gasteiger charge is -2.11. The van der Waals surface area contributed by atoms with Crippen LogP contribution in [0.5, 0.6) is 5.75 Å². The van der Waals surface area contributed by atoms with Crippen molar-refractivity contribution in [2.75, 3.05) is 13.2 Å². The highest BCUT2D eigenvalue weighted by Gasteiger charge is 2.10. The lowest BCUT2D eigenvalue weighted by atomic mass is 10.2. The van der Waals surface area contributed by atoms with Crippen molar-refractivity contribution in [3.63, 3.8) is 0 Å². The van der Waals surface area contributed by atoms with Gasteiger partial charge < -0.3 is 14.6 Å². The van der Waals surface area contributed by atoms with Gasteiger partial charge in [-0.25, -0.2) is 4.98 Å². The van der Waals surface area contributed by atoms with Crippen LogP contribution in [0.3, 0.4) is 0 Å². The first-order chi connectivity index (χ1) is 14.7. The van der Waals surface area contributed by atoms with Crippen molar-refractivity contribution < 1.29 is 9.53 Å². The minimum Gasteiger partial charge on any atom is -0.494 e. The maximum atomic E-state index is 11.7. The van der Waals surface area contributed by atoms with Crippen molar-refractivity contribution in [3.05, 3.63) is 59.9 Å². The van der Waals surface area contributed by atoms with E-state index in [0.717, 1.165) is 61.3 Å². The standard InChI is InChI=1S/C25H33N3O2/c1-3-9-25(29)26-17-16-24-27-22-10-5-6-11-23(22)28(24)18-7-8-19-30-21-14-12-20(4-2)13-15-21/h5-6,10-15H,3-4,7-9,16-19H2,1-2H3,(H,26,29). The van der Waals surface area contributed by atoms with E-state index in [1.807, 2.05) is 31.2 Å². The van der Waals surface area contributed by atoms with Gasteiger partial charge in [-0.3, -0.25) is 4.79 Å². The molecule has 0 saturated carbocycles. The second-order valence-corrected chi connectivity index (χ2v) is 7.57. The highest BCUT2D eigenvalue weighted by atomic mass is 16.5. The number of nitrogens with one attached hydrogen (secondary N) is 1. The van der Waals surface area contributed by atoms with Gasteiger partial charge in [0, 0.05) is 25.9 Å². The number of hydrogen-bond donors (Lipinski definition) is 1. The summed E-state index contributed by atoms with van der Waals surface area (Å²) in [5.41, 5.74) is 3.50. The summed E-state index contributed by atoms with van der Waals surface area (Å²) < 4.78 is 8.17. The first-order valence-corrected chi connectivity index (χ1v) is 11.1. The molecular formula is C25H33N3O2. The number of hydrogen-bond acceptors (Lipinski definition) is 3. The number of carbonyl (C=O) groups excluding carboxylic acids is 1. The average Bonchev–Trinajstić information content (AvgIpc) is 3.11. The number of aromatic nitrogens is 2. The smallest absolute Gasteiger partial charge is 0.219 e. The summed E-state index contributed by atoms with van der Waals surface area (Å²) in [7, 11) is 0. The van der Waals surface area contributed by atoms with E-state index >= 15 is 0 Å². The molecule has 0 unspecified atom stereocenters. The molecule has 30 heavy (non-hydrogen) atoms. The molecule has 0 atom stereocenters. The number of unbranched alkanes of at least 4 members (excludes halogenated alkanes) is 1. The van der Waals surface area contributed by atoms with Crippen LogP contribution in [0.15, 0.2) is 48.5 Å². The Morgan fingerprint density at radius 1 is 1.07 bits per heavy atom. The quantitative estimate of drug-likeness (QED) is 0.434. The molecule has 0 aliphatic rings. The fourth-order valence-electron chi connectivity index (χ4n) is 3.58. The summed E-state index contributed by atoms with van der Waals surface area (Å²) in [6.45, 7) is 6.41. The molecule has 3 rings (SSSR count). The Balaban J connectivity index is 1.52. The molecule has 0 bridgehead atoms. The number of aryl methyl sites for hydroxylation is 2. The molecule has 0 radical (unpaired) electrons. The van der Waals surface area contributed by atoms with E-state index in [4.69, 9.17) is 9.72 Å². The van der Waals surface area contributed by atoms with E-state index in [-0.39, 0.29) is 5.91 Å². The first-order valence-electron chi connectivity index (χ1n) is 11.1. The van der Waals surface area contributed by atoms with E-state index < -0.39 is 0 Å². The van der Waals surface area contributed by atoms with Crippen molar-refractivity contribution in [1.29, 1.82) is 0 Å². The molecule has 1 N–H and O–H groups in total. The average molecular weight is 408 g/mol. The normalized spacial score (nSPS) is 11.0. The Morgan fingerprint density at radius 3 is 2.63 bits per heavy atom. The number of nitrogens with zero attached hydrogens (tertiary/aromatic N) is 2. The maximum Gasteiger partial charge on any atom is 0.219 e. The Morgan fingerprint density at radius 2 is 1.87 bits per heavy atom. The van der Waals surface area contributed by atoms with Crippen LogP contribution in [-0.4, -0.2) is 28.6 Å². The van der Waals surface area contributed by atoms with Gasteiger partial charge in [-0.05, 0) is 55.5 Å². The molecule has 5 nitrogen and oxygen atoms in total. The molecule has 0 aliphatic heterocycles. The van der Waals surface area contributed by atoms with Crippen LogP contribution in [0.4, 0.5) is 0 Å². The van der Waals surface area contributed by atoms with E-state index in [1.54, 1.807) is 0 Å². The monoisotopic (exact) mass is 407 g/mol. The summed E-state index contributed by atoms with van der Waals surface area (Å²) in [4.78, 5) is 16.5. The van der Waals surface area contributed by atoms with Gasteiger partial charge in [0.05, 0.1) is 17.6 Å². The third-order valence-corrected chi connectivity index (χ3v) is 5.26. The molecule has 1 heterocycles. The van der Waals surface area contributed by atoms with Crippen LogP contribution in [0.2, 0.25) is 0 Å². The Labute approximate surface area is 179 Å². The van der Waals surface area contributed by atoms with Crippen molar-refractivity contribution in [3.8, 4) is 5.75 Å². The number of ether oxygens (including phenoxy) is 1. The summed E-state index contributed by atoms with van der Waals surface area (Å²) in [5.74, 6) is 2.08. The van der Waals surface area contributed by atoms with Gasteiger partial charge in [-0.2, -0.15) is 0 Å². The zero-order chi connectivity index (χ0) is 21.2. The molecule has 0 spiro atoms. The molecule has 1 amide bonds. The Hall–Kier alpha value is -2.82. The molecule has 0 aliphatic carbocycles. The SMILES string of the molecule is CCCC(=O)NCCc1nc2ccccc2n1CCCCOc1ccc(CC)cc1. The van der Waals surface area contributed by atoms with Gasteiger partial charge in [0.15, 0.2) is 0 Å². The van der Waals surface area contributed by atoms with Crippen molar-refractivity contribution in [1.82, 2.24) is 14.9 Å². The predicted molar refractivity (Wildman–Crippen MR) is 122 cm³/mol. The molecule has 5 heteroatoms. The van der Waals surface area contributed by atoms with Crippen LogP contribution in [0.25, 0.3) is 11.0 Å². The van der Waals surface area contributed by atoms with Crippen molar-refractivity contribution in [2.24, 2.45) is 0 Å². The second kappa shape index (κ2) is 11.4. The van der Waals surface area contributed by atoms with E-state index in [2.05, 4.69) is 41.1 Å². The number of benzene rings is 2.